The summed E-state index contributed by atoms with van der Waals surface area (Å²) < 4.78 is 55.7. The van der Waals surface area contributed by atoms with Crippen LogP contribution in [0, 0.1) is 6.92 Å². The Kier molecular flexibility index (Phi) is 10.4. The zero-order chi connectivity index (χ0) is 36.8. The van der Waals surface area contributed by atoms with Gasteiger partial charge in [0.1, 0.15) is 24.3 Å². The minimum absolute atomic E-state index is 0.0603. The molecule has 1 amide bonds. The number of ether oxygens (including phenoxy) is 2. The summed E-state index contributed by atoms with van der Waals surface area (Å²) >= 11 is 0. The van der Waals surface area contributed by atoms with Crippen molar-refractivity contribution in [3.8, 4) is 22.9 Å². The van der Waals surface area contributed by atoms with Gasteiger partial charge in [0.15, 0.2) is 0 Å². The molecule has 0 aliphatic carbocycles. The van der Waals surface area contributed by atoms with E-state index in [0.29, 0.717) is 39.2 Å². The molecule has 7 rings (SSSR count). The molecule has 0 saturated carbocycles. The van der Waals surface area contributed by atoms with Gasteiger partial charge in [0.2, 0.25) is 21.9 Å². The van der Waals surface area contributed by atoms with Crippen LogP contribution in [0.3, 0.4) is 0 Å². The number of hydrogen-bond acceptors (Lipinski definition) is 10. The monoisotopic (exact) mass is 733 g/mol. The lowest BCUT2D eigenvalue weighted by molar-refractivity contribution is 0.0685. The normalized spacial score (nSPS) is 15.8. The van der Waals surface area contributed by atoms with E-state index in [9.17, 15) is 17.6 Å². The quantitative estimate of drug-likeness (QED) is 0.139. The van der Waals surface area contributed by atoms with Crippen LogP contribution in [0.15, 0.2) is 116 Å². The van der Waals surface area contributed by atoms with E-state index in [0.717, 1.165) is 11.1 Å². The fraction of sp³-hybridized carbons (Fsp3) is 0.205. The number of pyridine rings is 2. The highest BCUT2D eigenvalue weighted by molar-refractivity contribution is 7.91. The number of carbonyl (C=O) groups excluding carboxylic acids is 1. The molecule has 0 unspecified atom stereocenters. The Bertz CT molecular complexity index is 2330. The van der Waals surface area contributed by atoms with E-state index in [-0.39, 0.29) is 43.7 Å². The Balaban J connectivity index is 1.09. The van der Waals surface area contributed by atoms with Gasteiger partial charge in [-0.05, 0) is 54.4 Å². The summed E-state index contributed by atoms with van der Waals surface area (Å²) in [5.41, 5.74) is 3.54. The SMILES string of the molecule is Cc1ccc2c(NS(=O)(=O)Cc3ccccn3)cccc2c1Oc1ncccc1-c1ccnc(N[C@H]2C[C@@H](F)CN(C(=O)OCc3ccccc3)C2)n1. The molecule has 2 atom stereocenters. The van der Waals surface area contributed by atoms with Crippen molar-refractivity contribution in [2.45, 2.75) is 37.9 Å². The number of anilines is 2. The number of halogens is 1. The van der Waals surface area contributed by atoms with Gasteiger partial charge in [0.05, 0.1) is 29.2 Å². The first kappa shape index (κ1) is 35.3. The van der Waals surface area contributed by atoms with Gasteiger partial charge in [-0.3, -0.25) is 9.71 Å². The minimum Gasteiger partial charge on any atom is -0.445 e. The summed E-state index contributed by atoms with van der Waals surface area (Å²) in [6.45, 7) is 2.14. The molecular formula is C39H36FN7O5S. The van der Waals surface area contributed by atoms with Crippen molar-refractivity contribution in [1.29, 1.82) is 0 Å². The molecule has 0 radical (unpaired) electrons. The van der Waals surface area contributed by atoms with Crippen LogP contribution in [0.25, 0.3) is 22.0 Å². The molecule has 2 N–H and O–H groups in total. The summed E-state index contributed by atoms with van der Waals surface area (Å²) in [4.78, 5) is 31.9. The van der Waals surface area contributed by atoms with E-state index < -0.39 is 28.3 Å². The Labute approximate surface area is 306 Å². The van der Waals surface area contributed by atoms with Crippen molar-refractivity contribution in [2.75, 3.05) is 23.1 Å². The first-order valence-electron chi connectivity index (χ1n) is 17.0. The number of nitrogens with zero attached hydrogens (tertiary/aromatic N) is 5. The van der Waals surface area contributed by atoms with E-state index in [1.807, 2.05) is 61.5 Å². The van der Waals surface area contributed by atoms with Gasteiger partial charge in [0.25, 0.3) is 0 Å². The first-order chi connectivity index (χ1) is 25.7. The standard InChI is InChI=1S/C39H36FN7O5S/c1-26-15-16-31-32(12-7-14-35(31)46-53(49,50)25-29-11-5-6-18-41-29)36(26)52-37-33(13-8-19-42-37)34-17-20-43-38(45-34)44-30-21-28(40)22-47(23-30)39(48)51-24-27-9-3-2-4-10-27/h2-20,28,30,46H,21-25H2,1H3,(H,43,44,45)/t28-,30+/m1/s1. The molecule has 1 saturated heterocycles. The third-order valence-corrected chi connectivity index (χ3v) is 9.84. The average molecular weight is 734 g/mol. The molecule has 1 aliphatic rings. The zero-order valence-electron chi connectivity index (χ0n) is 28.7. The number of sulfonamides is 1. The highest BCUT2D eigenvalue weighted by Crippen LogP contribution is 2.39. The molecule has 1 aliphatic heterocycles. The summed E-state index contributed by atoms with van der Waals surface area (Å²) in [6, 6.07) is 28.3. The number of benzene rings is 3. The number of alkyl halides is 1. The molecular weight excluding hydrogens is 698 g/mol. The highest BCUT2D eigenvalue weighted by Gasteiger charge is 2.31. The van der Waals surface area contributed by atoms with Crippen LogP contribution in [0.2, 0.25) is 0 Å². The van der Waals surface area contributed by atoms with Crippen LogP contribution in [0.4, 0.5) is 20.8 Å². The fourth-order valence-electron chi connectivity index (χ4n) is 6.17. The lowest BCUT2D eigenvalue weighted by atomic mass is 10.0. The Morgan fingerprint density at radius 1 is 0.868 bits per heavy atom. The number of piperidine rings is 1. The molecule has 53 heavy (non-hydrogen) atoms. The number of rotatable bonds is 11. The third-order valence-electron chi connectivity index (χ3n) is 8.64. The number of aryl methyl sites for hydroxylation is 1. The largest absolute Gasteiger partial charge is 0.445 e. The maximum atomic E-state index is 14.9. The highest BCUT2D eigenvalue weighted by atomic mass is 32.2. The lowest BCUT2D eigenvalue weighted by Crippen LogP contribution is -2.50. The van der Waals surface area contributed by atoms with Crippen molar-refractivity contribution in [3.05, 3.63) is 132 Å². The molecule has 14 heteroatoms. The lowest BCUT2D eigenvalue weighted by Gasteiger charge is -2.34. The van der Waals surface area contributed by atoms with Crippen LogP contribution >= 0.6 is 0 Å². The molecule has 1 fully saturated rings. The van der Waals surface area contributed by atoms with Gasteiger partial charge in [0, 0.05) is 48.4 Å². The molecule has 12 nitrogen and oxygen atoms in total. The van der Waals surface area contributed by atoms with Gasteiger partial charge < -0.3 is 19.7 Å². The van der Waals surface area contributed by atoms with E-state index in [1.165, 1.54) is 4.90 Å². The minimum atomic E-state index is -3.77. The predicted molar refractivity (Wildman–Crippen MR) is 200 cm³/mol. The zero-order valence-corrected chi connectivity index (χ0v) is 29.5. The number of hydrogen-bond donors (Lipinski definition) is 2. The number of amides is 1. The van der Waals surface area contributed by atoms with E-state index in [1.54, 1.807) is 61.1 Å². The van der Waals surface area contributed by atoms with Crippen LogP contribution < -0.4 is 14.8 Å². The number of aromatic nitrogens is 4. The van der Waals surface area contributed by atoms with Crippen molar-refractivity contribution in [3.63, 3.8) is 0 Å². The van der Waals surface area contributed by atoms with Crippen molar-refractivity contribution in [1.82, 2.24) is 24.8 Å². The molecule has 4 heterocycles. The Morgan fingerprint density at radius 2 is 1.70 bits per heavy atom. The number of carbonyl (C=O) groups is 1. The fourth-order valence-corrected chi connectivity index (χ4v) is 7.32. The van der Waals surface area contributed by atoms with Crippen molar-refractivity contribution in [2.24, 2.45) is 0 Å². The molecule has 270 valence electrons. The first-order valence-corrected chi connectivity index (χ1v) is 18.6. The molecule has 6 aromatic rings. The second-order valence-corrected chi connectivity index (χ2v) is 14.4. The molecule has 0 bridgehead atoms. The van der Waals surface area contributed by atoms with E-state index >= 15 is 0 Å². The Hall–Kier alpha value is -6.15. The van der Waals surface area contributed by atoms with Gasteiger partial charge in [-0.15, -0.1) is 0 Å². The number of likely N-dealkylation sites (tertiary alicyclic amines) is 1. The molecule has 3 aromatic carbocycles. The topological polar surface area (TPSA) is 149 Å². The van der Waals surface area contributed by atoms with Crippen LogP contribution in [-0.2, 0) is 27.1 Å². The summed E-state index contributed by atoms with van der Waals surface area (Å²) in [6.07, 6.45) is 3.05. The van der Waals surface area contributed by atoms with Crippen molar-refractivity contribution < 1.29 is 27.1 Å². The van der Waals surface area contributed by atoms with E-state index in [4.69, 9.17) is 14.5 Å². The molecule has 3 aromatic heterocycles. The molecule has 0 spiro atoms. The van der Waals surface area contributed by atoms with Gasteiger partial charge in [-0.25, -0.2) is 32.6 Å². The number of nitrogens with one attached hydrogen (secondary N) is 2. The van der Waals surface area contributed by atoms with Crippen molar-refractivity contribution >= 4 is 38.5 Å². The third kappa shape index (κ3) is 8.67. The summed E-state index contributed by atoms with van der Waals surface area (Å²) in [5.74, 6) is 0.734. The maximum absolute atomic E-state index is 14.9. The predicted octanol–water partition coefficient (Wildman–Crippen LogP) is 7.29. The Morgan fingerprint density at radius 3 is 2.53 bits per heavy atom. The van der Waals surface area contributed by atoms with Crippen LogP contribution in [-0.4, -0.2) is 64.6 Å². The van der Waals surface area contributed by atoms with Crippen LogP contribution in [0.5, 0.6) is 11.6 Å². The second kappa shape index (κ2) is 15.6. The smallest absolute Gasteiger partial charge is 0.410 e. The van der Waals surface area contributed by atoms with Gasteiger partial charge in [-0.2, -0.15) is 0 Å². The maximum Gasteiger partial charge on any atom is 0.410 e. The van der Waals surface area contributed by atoms with Crippen LogP contribution in [0.1, 0.15) is 23.2 Å². The summed E-state index contributed by atoms with van der Waals surface area (Å²) in [5, 5.41) is 4.50. The summed E-state index contributed by atoms with van der Waals surface area (Å²) in [7, 11) is -3.77. The van der Waals surface area contributed by atoms with E-state index in [2.05, 4.69) is 25.0 Å². The second-order valence-electron chi connectivity index (χ2n) is 12.6. The average Bonchev–Trinajstić information content (AvgIpc) is 3.15. The van der Waals surface area contributed by atoms with Gasteiger partial charge in [-0.1, -0.05) is 60.7 Å². The number of fused-ring (bicyclic) bond motifs is 1. The van der Waals surface area contributed by atoms with Gasteiger partial charge >= 0.3 is 6.09 Å².